The van der Waals surface area contributed by atoms with Crippen molar-refractivity contribution in [2.75, 3.05) is 19.9 Å². The predicted molar refractivity (Wildman–Crippen MR) is 93.5 cm³/mol. The Morgan fingerprint density at radius 3 is 2.48 bits per heavy atom. The maximum absolute atomic E-state index is 13.0. The van der Waals surface area contributed by atoms with E-state index in [1.54, 1.807) is 0 Å². The lowest BCUT2D eigenvalue weighted by Gasteiger charge is -2.29. The van der Waals surface area contributed by atoms with Crippen molar-refractivity contribution in [1.29, 1.82) is 0 Å². The van der Waals surface area contributed by atoms with Crippen LogP contribution in [0, 0.1) is 0 Å². The summed E-state index contributed by atoms with van der Waals surface area (Å²) in [6, 6.07) is 5.11. The monoisotopic (exact) mass is 346 g/mol. The van der Waals surface area contributed by atoms with E-state index in [4.69, 9.17) is 9.47 Å². The van der Waals surface area contributed by atoms with Gasteiger partial charge in [-0.15, -0.1) is 0 Å². The third-order valence-electron chi connectivity index (χ3n) is 4.72. The number of hydrogen-bond donors (Lipinski definition) is 1. The van der Waals surface area contributed by atoms with Gasteiger partial charge in [-0.3, -0.25) is 9.59 Å². The van der Waals surface area contributed by atoms with Gasteiger partial charge < -0.3 is 19.7 Å². The number of nitrogens with one attached hydrogen (secondary N) is 1. The third-order valence-corrected chi connectivity index (χ3v) is 4.72. The van der Waals surface area contributed by atoms with Crippen LogP contribution in [0.25, 0.3) is 0 Å². The van der Waals surface area contributed by atoms with Crippen molar-refractivity contribution in [2.24, 2.45) is 0 Å². The molecule has 1 aromatic rings. The van der Waals surface area contributed by atoms with Crippen LogP contribution in [0.15, 0.2) is 18.2 Å². The zero-order valence-corrected chi connectivity index (χ0v) is 14.8. The molecule has 2 aliphatic heterocycles. The Bertz CT molecular complexity index is 624. The number of amides is 2. The summed E-state index contributed by atoms with van der Waals surface area (Å²) >= 11 is 0. The Morgan fingerprint density at radius 2 is 1.76 bits per heavy atom. The number of carbonyl (C=O) groups excluding carboxylic acids is 2. The van der Waals surface area contributed by atoms with Crippen molar-refractivity contribution < 1.29 is 19.1 Å². The normalized spacial score (nSPS) is 18.2. The van der Waals surface area contributed by atoms with E-state index in [1.807, 2.05) is 23.1 Å². The molecule has 3 rings (SSSR count). The lowest BCUT2D eigenvalue weighted by Crippen LogP contribution is -2.50. The van der Waals surface area contributed by atoms with Crippen molar-refractivity contribution in [3.8, 4) is 11.5 Å². The molecule has 1 fully saturated rings. The molecule has 25 heavy (non-hydrogen) atoms. The van der Waals surface area contributed by atoms with Crippen LogP contribution in [0.4, 0.5) is 0 Å². The first-order valence-electron chi connectivity index (χ1n) is 9.08. The molecule has 1 unspecified atom stereocenters. The van der Waals surface area contributed by atoms with E-state index < -0.39 is 6.04 Å². The molecule has 0 spiro atoms. The summed E-state index contributed by atoms with van der Waals surface area (Å²) < 4.78 is 10.7. The average molecular weight is 346 g/mol. The topological polar surface area (TPSA) is 67.9 Å². The van der Waals surface area contributed by atoms with Crippen LogP contribution in [0.3, 0.4) is 0 Å². The summed E-state index contributed by atoms with van der Waals surface area (Å²) in [4.78, 5) is 26.5. The van der Waals surface area contributed by atoms with E-state index in [0.29, 0.717) is 12.2 Å². The molecule has 6 nitrogen and oxygen atoms in total. The van der Waals surface area contributed by atoms with Gasteiger partial charge in [0.25, 0.3) is 0 Å². The molecule has 2 amide bonds. The van der Waals surface area contributed by atoms with E-state index in [-0.39, 0.29) is 18.6 Å². The fourth-order valence-electron chi connectivity index (χ4n) is 3.44. The molecule has 2 heterocycles. The second-order valence-corrected chi connectivity index (χ2v) is 6.74. The summed E-state index contributed by atoms with van der Waals surface area (Å²) in [5, 5.41) is 2.83. The Labute approximate surface area is 148 Å². The number of carbonyl (C=O) groups is 2. The molecule has 1 N–H and O–H groups in total. The van der Waals surface area contributed by atoms with Gasteiger partial charge >= 0.3 is 0 Å². The number of fused-ring (bicyclic) bond motifs is 1. The molecular weight excluding hydrogens is 320 g/mol. The van der Waals surface area contributed by atoms with E-state index >= 15 is 0 Å². The third kappa shape index (κ3) is 4.65. The highest BCUT2D eigenvalue weighted by atomic mass is 16.7. The summed E-state index contributed by atoms with van der Waals surface area (Å²) in [5.74, 6) is 1.23. The average Bonchev–Trinajstić information content (AvgIpc) is 3.00. The number of ether oxygens (including phenoxy) is 2. The first kappa shape index (κ1) is 17.6. The molecular formula is C19H26N2O4. The smallest absolute Gasteiger partial charge is 0.245 e. The molecule has 1 atom stereocenters. The standard InChI is InChI=1S/C19H26N2O4/c1-14(22)20-16(19(23)21-9-5-3-2-4-6-10-21)11-15-7-8-17-18(12-15)25-13-24-17/h7-8,12,16H,2-6,9-11,13H2,1H3,(H,20,22). The van der Waals surface area contributed by atoms with Crippen LogP contribution in [0.5, 0.6) is 11.5 Å². The Morgan fingerprint density at radius 1 is 1.08 bits per heavy atom. The predicted octanol–water partition coefficient (Wildman–Crippen LogP) is 2.26. The van der Waals surface area contributed by atoms with E-state index in [1.165, 1.54) is 13.3 Å². The molecule has 136 valence electrons. The molecule has 6 heteroatoms. The SMILES string of the molecule is CC(=O)NC(Cc1ccc2c(c1)OCO2)C(=O)N1CCCCCCC1. The summed E-state index contributed by atoms with van der Waals surface area (Å²) in [6.45, 7) is 3.22. The summed E-state index contributed by atoms with van der Waals surface area (Å²) in [5.41, 5.74) is 0.948. The van der Waals surface area contributed by atoms with E-state index in [9.17, 15) is 9.59 Å². The summed E-state index contributed by atoms with van der Waals surface area (Å²) in [6.07, 6.45) is 6.08. The van der Waals surface area contributed by atoms with Gasteiger partial charge in [0.15, 0.2) is 11.5 Å². The fourth-order valence-corrected chi connectivity index (χ4v) is 3.44. The van der Waals surface area contributed by atoms with Crippen LogP contribution in [-0.4, -0.2) is 42.6 Å². The Hall–Kier alpha value is -2.24. The highest BCUT2D eigenvalue weighted by molar-refractivity contribution is 5.87. The Kier molecular flexibility index (Phi) is 5.79. The van der Waals surface area contributed by atoms with Crippen LogP contribution >= 0.6 is 0 Å². The van der Waals surface area contributed by atoms with Gasteiger partial charge in [-0.2, -0.15) is 0 Å². The van der Waals surface area contributed by atoms with Gasteiger partial charge in [0.05, 0.1) is 0 Å². The van der Waals surface area contributed by atoms with Crippen LogP contribution in [0.2, 0.25) is 0 Å². The fraction of sp³-hybridized carbons (Fsp3) is 0.579. The number of nitrogens with zero attached hydrogens (tertiary/aromatic N) is 1. The maximum Gasteiger partial charge on any atom is 0.245 e. The molecule has 0 aromatic heterocycles. The van der Waals surface area contributed by atoms with Gasteiger partial charge in [-0.25, -0.2) is 0 Å². The zero-order chi connectivity index (χ0) is 17.6. The van der Waals surface area contributed by atoms with Gasteiger partial charge in [0.1, 0.15) is 6.04 Å². The zero-order valence-electron chi connectivity index (χ0n) is 14.8. The second-order valence-electron chi connectivity index (χ2n) is 6.74. The van der Waals surface area contributed by atoms with Crippen molar-refractivity contribution in [3.63, 3.8) is 0 Å². The number of benzene rings is 1. The molecule has 0 saturated carbocycles. The molecule has 1 saturated heterocycles. The van der Waals surface area contributed by atoms with Crippen molar-refractivity contribution in [2.45, 2.75) is 51.5 Å². The minimum Gasteiger partial charge on any atom is -0.454 e. The van der Waals surface area contributed by atoms with Gasteiger partial charge in [-0.05, 0) is 30.5 Å². The maximum atomic E-state index is 13.0. The molecule has 1 aromatic carbocycles. The lowest BCUT2D eigenvalue weighted by atomic mass is 10.0. The molecule has 0 bridgehead atoms. The highest BCUT2D eigenvalue weighted by Gasteiger charge is 2.26. The van der Waals surface area contributed by atoms with Crippen molar-refractivity contribution in [1.82, 2.24) is 10.2 Å². The van der Waals surface area contributed by atoms with Crippen LogP contribution in [-0.2, 0) is 16.0 Å². The van der Waals surface area contributed by atoms with E-state index in [2.05, 4.69) is 5.32 Å². The van der Waals surface area contributed by atoms with Gasteiger partial charge in [0.2, 0.25) is 18.6 Å². The highest BCUT2D eigenvalue weighted by Crippen LogP contribution is 2.32. The Balaban J connectivity index is 1.71. The van der Waals surface area contributed by atoms with E-state index in [0.717, 1.165) is 50.1 Å². The van der Waals surface area contributed by atoms with Crippen molar-refractivity contribution >= 4 is 11.8 Å². The number of rotatable bonds is 4. The lowest BCUT2D eigenvalue weighted by molar-refractivity contribution is -0.136. The molecule has 0 aliphatic carbocycles. The van der Waals surface area contributed by atoms with Crippen LogP contribution < -0.4 is 14.8 Å². The van der Waals surface area contributed by atoms with Gasteiger partial charge in [0, 0.05) is 26.4 Å². The first-order valence-corrected chi connectivity index (χ1v) is 9.08. The minimum atomic E-state index is -0.544. The number of likely N-dealkylation sites (tertiary alicyclic amines) is 1. The van der Waals surface area contributed by atoms with Crippen molar-refractivity contribution in [3.05, 3.63) is 23.8 Å². The minimum absolute atomic E-state index is 0.00904. The second kappa shape index (κ2) is 8.23. The summed E-state index contributed by atoms with van der Waals surface area (Å²) in [7, 11) is 0. The largest absolute Gasteiger partial charge is 0.454 e. The molecule has 2 aliphatic rings. The molecule has 0 radical (unpaired) electrons. The first-order chi connectivity index (χ1) is 12.1. The van der Waals surface area contributed by atoms with Crippen LogP contribution in [0.1, 0.15) is 44.6 Å². The van der Waals surface area contributed by atoms with Gasteiger partial charge in [-0.1, -0.05) is 25.3 Å². The number of hydrogen-bond acceptors (Lipinski definition) is 4. The quantitative estimate of drug-likeness (QED) is 0.908.